The Kier molecular flexibility index (Phi) is 3.35. The number of nitrogen functional groups attached to an aromatic ring is 1. The third kappa shape index (κ3) is 1.97. The van der Waals surface area contributed by atoms with Crippen LogP contribution < -0.4 is 5.84 Å². The minimum atomic E-state index is 0.374. The summed E-state index contributed by atoms with van der Waals surface area (Å²) in [4.78, 5) is 3.60. The quantitative estimate of drug-likeness (QED) is 0.341. The number of nitrogens with one attached hydrogen (secondary N) is 1. The Labute approximate surface area is 86.6 Å². The minimum absolute atomic E-state index is 0.374. The fourth-order valence-electron chi connectivity index (χ4n) is 0.941. The summed E-state index contributed by atoms with van der Waals surface area (Å²) in [5.41, 5.74) is 0.826. The first-order valence-corrected chi connectivity index (χ1v) is 4.33. The fraction of sp³-hybridized carbons (Fsp3) is 0.125. The van der Waals surface area contributed by atoms with Crippen LogP contribution in [0.1, 0.15) is 12.7 Å². The molecule has 0 spiro atoms. The first-order chi connectivity index (χ1) is 6.70. The highest BCUT2D eigenvalue weighted by Crippen LogP contribution is 2.11. The van der Waals surface area contributed by atoms with E-state index in [9.17, 15) is 0 Å². The van der Waals surface area contributed by atoms with Crippen LogP contribution in [0, 0.1) is 4.77 Å². The van der Waals surface area contributed by atoms with E-state index < -0.39 is 0 Å². The number of aliphatic imine (C=N–C) groups is 1. The third-order valence-electron chi connectivity index (χ3n) is 1.63. The van der Waals surface area contributed by atoms with Gasteiger partial charge in [-0.25, -0.2) is 9.77 Å². The van der Waals surface area contributed by atoms with Gasteiger partial charge in [-0.2, -0.15) is 5.10 Å². The van der Waals surface area contributed by atoms with Gasteiger partial charge < -0.3 is 5.84 Å². The van der Waals surface area contributed by atoms with Gasteiger partial charge in [-0.1, -0.05) is 6.08 Å². The zero-order chi connectivity index (χ0) is 10.6. The molecule has 0 atom stereocenters. The van der Waals surface area contributed by atoms with Gasteiger partial charge in [-0.05, 0) is 31.9 Å². The second-order valence-corrected chi connectivity index (χ2v) is 2.85. The Balaban J connectivity index is 3.14. The number of rotatable bonds is 3. The lowest BCUT2D eigenvalue weighted by atomic mass is 10.2. The molecule has 0 radical (unpaired) electrons. The molecule has 0 fully saturated rings. The summed E-state index contributed by atoms with van der Waals surface area (Å²) in [5.74, 6) is 6.22. The molecule has 74 valence electrons. The first kappa shape index (κ1) is 10.4. The number of hydrogen-bond donors (Lipinski definition) is 2. The number of allylic oxidation sites excluding steroid dienone is 3. The highest BCUT2D eigenvalue weighted by molar-refractivity contribution is 7.71. The molecule has 0 aliphatic rings. The van der Waals surface area contributed by atoms with Crippen molar-refractivity contribution in [3.8, 4) is 0 Å². The molecule has 1 rings (SSSR count). The van der Waals surface area contributed by atoms with E-state index in [-0.39, 0.29) is 0 Å². The third-order valence-corrected chi connectivity index (χ3v) is 1.92. The van der Waals surface area contributed by atoms with Gasteiger partial charge >= 0.3 is 0 Å². The summed E-state index contributed by atoms with van der Waals surface area (Å²) in [7, 11) is 0. The van der Waals surface area contributed by atoms with Gasteiger partial charge in [0.05, 0.1) is 0 Å². The van der Waals surface area contributed by atoms with E-state index in [1.54, 1.807) is 12.3 Å². The van der Waals surface area contributed by atoms with Gasteiger partial charge in [0, 0.05) is 11.8 Å². The van der Waals surface area contributed by atoms with Crippen molar-refractivity contribution in [2.75, 3.05) is 5.84 Å². The molecule has 5 nitrogen and oxygen atoms in total. The molecule has 0 aromatic carbocycles. The molecule has 0 saturated heterocycles. The molecule has 1 aromatic rings. The number of aromatic nitrogens is 3. The Morgan fingerprint density at radius 2 is 2.50 bits per heavy atom. The molecule has 0 unspecified atom stereocenters. The molecule has 1 aromatic heterocycles. The van der Waals surface area contributed by atoms with Crippen LogP contribution in [-0.2, 0) is 0 Å². The van der Waals surface area contributed by atoms with Crippen LogP contribution in [0.5, 0.6) is 0 Å². The van der Waals surface area contributed by atoms with Crippen LogP contribution in [0.25, 0.3) is 5.57 Å². The van der Waals surface area contributed by atoms with Crippen molar-refractivity contribution in [2.24, 2.45) is 4.99 Å². The molecular weight excluding hydrogens is 198 g/mol. The topological polar surface area (TPSA) is 72.0 Å². The van der Waals surface area contributed by atoms with Gasteiger partial charge in [-0.15, -0.1) is 0 Å². The number of hydrogen-bond acceptors (Lipinski definition) is 4. The molecule has 6 heteroatoms. The Morgan fingerprint density at radius 3 is 2.93 bits per heavy atom. The normalized spacial score (nSPS) is 12.2. The number of H-pyrrole nitrogens is 1. The lowest BCUT2D eigenvalue weighted by Crippen LogP contribution is -2.11. The first-order valence-electron chi connectivity index (χ1n) is 3.92. The maximum absolute atomic E-state index is 5.65. The van der Waals surface area contributed by atoms with Gasteiger partial charge in [-0.3, -0.25) is 4.99 Å². The van der Waals surface area contributed by atoms with E-state index in [1.807, 2.05) is 13.0 Å². The van der Waals surface area contributed by atoms with Crippen LogP contribution >= 0.6 is 12.2 Å². The maximum Gasteiger partial charge on any atom is 0.214 e. The average molecular weight is 209 g/mol. The van der Waals surface area contributed by atoms with Crippen LogP contribution in [-0.4, -0.2) is 21.6 Å². The van der Waals surface area contributed by atoms with E-state index in [4.69, 9.17) is 18.1 Å². The van der Waals surface area contributed by atoms with Crippen molar-refractivity contribution in [3.05, 3.63) is 28.9 Å². The molecule has 0 aliphatic heterocycles. The van der Waals surface area contributed by atoms with E-state index in [2.05, 4.69) is 21.9 Å². The van der Waals surface area contributed by atoms with Crippen molar-refractivity contribution in [3.63, 3.8) is 0 Å². The van der Waals surface area contributed by atoms with E-state index in [1.165, 1.54) is 4.68 Å². The highest BCUT2D eigenvalue weighted by Gasteiger charge is 2.05. The fourth-order valence-corrected chi connectivity index (χ4v) is 1.07. The molecule has 3 N–H and O–H groups in total. The Bertz CT molecular complexity index is 437. The lowest BCUT2D eigenvalue weighted by Gasteiger charge is -1.98. The predicted molar refractivity (Wildman–Crippen MR) is 59.9 cm³/mol. The smallest absolute Gasteiger partial charge is 0.214 e. The number of nitrogens with zero attached hydrogens (tertiary/aromatic N) is 3. The average Bonchev–Trinajstić information content (AvgIpc) is 2.51. The largest absolute Gasteiger partial charge is 0.335 e. The summed E-state index contributed by atoms with van der Waals surface area (Å²) in [6, 6.07) is 0. The molecule has 14 heavy (non-hydrogen) atoms. The number of nitrogens with two attached hydrogens (primary N) is 1. The molecule has 0 amide bonds. The molecule has 0 aliphatic carbocycles. The van der Waals surface area contributed by atoms with Gasteiger partial charge in [0.1, 0.15) is 0 Å². The molecule has 1 heterocycles. The van der Waals surface area contributed by atoms with Crippen LogP contribution in [0.4, 0.5) is 0 Å². The van der Waals surface area contributed by atoms with Gasteiger partial charge in [0.25, 0.3) is 0 Å². The summed E-state index contributed by atoms with van der Waals surface area (Å²) in [6.07, 6.45) is 5.17. The van der Waals surface area contributed by atoms with Crippen molar-refractivity contribution in [2.45, 2.75) is 6.92 Å². The van der Waals surface area contributed by atoms with E-state index >= 15 is 0 Å². The Hall–Kier alpha value is -1.69. The van der Waals surface area contributed by atoms with E-state index in [0.717, 1.165) is 5.57 Å². The summed E-state index contributed by atoms with van der Waals surface area (Å²) in [6.45, 7) is 5.21. The number of aromatic amines is 1. The predicted octanol–water partition coefficient (Wildman–Crippen LogP) is 1.27. The van der Waals surface area contributed by atoms with Crippen LogP contribution in [0.2, 0.25) is 0 Å². The van der Waals surface area contributed by atoms with Crippen LogP contribution in [0.15, 0.2) is 23.3 Å². The molecule has 0 bridgehead atoms. The zero-order valence-electron chi connectivity index (χ0n) is 7.77. The van der Waals surface area contributed by atoms with Crippen LogP contribution in [0.3, 0.4) is 0 Å². The second kappa shape index (κ2) is 4.52. The highest BCUT2D eigenvalue weighted by atomic mass is 32.1. The standard InChI is InChI=1S/C8H11N5S/c1-3-6(4-5-10-2)7-11-12-8(14)13(7)9/h3-5H,2,9H2,1H3,(H,12,14)/b5-4-,6-3+. The summed E-state index contributed by atoms with van der Waals surface area (Å²) < 4.78 is 1.68. The maximum atomic E-state index is 5.65. The van der Waals surface area contributed by atoms with Crippen molar-refractivity contribution >= 4 is 24.5 Å². The summed E-state index contributed by atoms with van der Waals surface area (Å²) in [5, 5.41) is 6.58. The van der Waals surface area contributed by atoms with Crippen molar-refractivity contribution in [1.82, 2.24) is 14.9 Å². The SMILES string of the molecule is C=N/C=C\C(=C/C)c1n[nH]c(=S)n1N. The van der Waals surface area contributed by atoms with Gasteiger partial charge in [0.15, 0.2) is 5.82 Å². The Morgan fingerprint density at radius 1 is 1.79 bits per heavy atom. The summed E-state index contributed by atoms with van der Waals surface area (Å²) >= 11 is 4.89. The van der Waals surface area contributed by atoms with Gasteiger partial charge in [0.2, 0.25) is 4.77 Å². The monoisotopic (exact) mass is 209 g/mol. The molecule has 0 saturated carbocycles. The lowest BCUT2D eigenvalue weighted by molar-refractivity contribution is 0.956. The zero-order valence-corrected chi connectivity index (χ0v) is 8.58. The molecular formula is C8H11N5S. The van der Waals surface area contributed by atoms with E-state index in [0.29, 0.717) is 10.6 Å². The van der Waals surface area contributed by atoms with Crippen molar-refractivity contribution < 1.29 is 0 Å². The second-order valence-electron chi connectivity index (χ2n) is 2.46. The minimum Gasteiger partial charge on any atom is -0.335 e. The van der Waals surface area contributed by atoms with Crippen molar-refractivity contribution in [1.29, 1.82) is 0 Å².